The van der Waals surface area contributed by atoms with Gasteiger partial charge in [-0.2, -0.15) is 0 Å². The van der Waals surface area contributed by atoms with Crippen LogP contribution in [0.3, 0.4) is 0 Å². The molecule has 2 aliphatic heterocycles. The summed E-state index contributed by atoms with van der Waals surface area (Å²) in [4.78, 5) is 26.3. The molecule has 2 aliphatic rings. The summed E-state index contributed by atoms with van der Waals surface area (Å²) in [6, 6.07) is 0. The van der Waals surface area contributed by atoms with Crippen molar-refractivity contribution in [2.75, 3.05) is 45.9 Å². The van der Waals surface area contributed by atoms with Gasteiger partial charge < -0.3 is 20.3 Å². The van der Waals surface area contributed by atoms with Gasteiger partial charge in [0.1, 0.15) is 13.1 Å². The van der Waals surface area contributed by atoms with Gasteiger partial charge in [0.25, 0.3) is 5.91 Å². The Morgan fingerprint density at radius 1 is 1.22 bits per heavy atom. The van der Waals surface area contributed by atoms with E-state index in [9.17, 15) is 9.59 Å². The van der Waals surface area contributed by atoms with Crippen LogP contribution in [0, 0.1) is 5.92 Å². The monoisotopic (exact) mass is 256 g/mol. The van der Waals surface area contributed by atoms with E-state index in [0.29, 0.717) is 32.5 Å². The number of amides is 2. The molecule has 18 heavy (non-hydrogen) atoms. The number of hydrogen-bond acceptors (Lipinski definition) is 3. The van der Waals surface area contributed by atoms with E-state index in [1.54, 1.807) is 0 Å². The zero-order valence-electron chi connectivity index (χ0n) is 10.7. The maximum absolute atomic E-state index is 12.1. The summed E-state index contributed by atoms with van der Waals surface area (Å²) in [5, 5.41) is 0. The molecule has 2 amide bonds. The molecule has 102 valence electrons. The second-order valence-corrected chi connectivity index (χ2v) is 5.10. The van der Waals surface area contributed by atoms with E-state index < -0.39 is 0 Å². The van der Waals surface area contributed by atoms with Crippen LogP contribution in [0.4, 0.5) is 0 Å². The highest BCUT2D eigenvalue weighted by Gasteiger charge is 2.28. The van der Waals surface area contributed by atoms with Gasteiger partial charge in [-0.15, -0.1) is 0 Å². The Kier molecular flexibility index (Phi) is 4.54. The van der Waals surface area contributed by atoms with Gasteiger partial charge in [-0.1, -0.05) is 0 Å². The second kappa shape index (κ2) is 6.15. The third-order valence-electron chi connectivity index (χ3n) is 3.85. The van der Waals surface area contributed by atoms with Crippen molar-refractivity contribution in [3.8, 4) is 0 Å². The molecule has 0 spiro atoms. The number of rotatable bonds is 3. The Hall–Kier alpha value is -1.14. The second-order valence-electron chi connectivity index (χ2n) is 5.10. The minimum absolute atomic E-state index is 0.0511. The lowest BCUT2D eigenvalue weighted by Crippen LogP contribution is -3.15. The van der Waals surface area contributed by atoms with Crippen LogP contribution in [0.25, 0.3) is 0 Å². The minimum Gasteiger partial charge on any atom is -0.370 e. The highest BCUT2D eigenvalue weighted by atomic mass is 16.5. The van der Waals surface area contributed by atoms with Crippen molar-refractivity contribution in [2.24, 2.45) is 11.7 Å². The van der Waals surface area contributed by atoms with Gasteiger partial charge in [-0.25, -0.2) is 0 Å². The standard InChI is InChI=1S/C12H21N3O3/c13-12(17)10-1-3-15(4-2-10)11(16)9-14-5-7-18-8-6-14/h10H,1-9H2,(H2,13,17)/p+1. The first-order valence-electron chi connectivity index (χ1n) is 6.65. The molecule has 0 saturated carbocycles. The van der Waals surface area contributed by atoms with E-state index in [2.05, 4.69) is 0 Å². The molecule has 0 aromatic carbocycles. The van der Waals surface area contributed by atoms with Crippen molar-refractivity contribution in [1.82, 2.24) is 4.90 Å². The van der Waals surface area contributed by atoms with E-state index in [1.165, 1.54) is 4.90 Å². The highest BCUT2D eigenvalue weighted by Crippen LogP contribution is 2.16. The topological polar surface area (TPSA) is 77.1 Å². The zero-order chi connectivity index (χ0) is 13.0. The number of carbonyl (C=O) groups is 2. The molecule has 2 saturated heterocycles. The van der Waals surface area contributed by atoms with Crippen LogP contribution in [-0.4, -0.2) is 62.7 Å². The van der Waals surface area contributed by atoms with Crippen LogP contribution < -0.4 is 10.6 Å². The normalized spacial score (nSPS) is 23.0. The van der Waals surface area contributed by atoms with Crippen molar-refractivity contribution in [3.05, 3.63) is 0 Å². The predicted molar refractivity (Wildman–Crippen MR) is 64.9 cm³/mol. The fourth-order valence-corrected chi connectivity index (χ4v) is 2.58. The quantitative estimate of drug-likeness (QED) is 0.592. The van der Waals surface area contributed by atoms with Crippen LogP contribution in [0.1, 0.15) is 12.8 Å². The van der Waals surface area contributed by atoms with E-state index in [4.69, 9.17) is 10.5 Å². The highest BCUT2D eigenvalue weighted by molar-refractivity contribution is 5.79. The summed E-state index contributed by atoms with van der Waals surface area (Å²) in [5.74, 6) is -0.0968. The third-order valence-corrected chi connectivity index (χ3v) is 3.85. The van der Waals surface area contributed by atoms with Crippen molar-refractivity contribution in [1.29, 1.82) is 0 Å². The molecular formula is C12H22N3O3+. The Morgan fingerprint density at radius 3 is 2.39 bits per heavy atom. The average Bonchev–Trinajstić information content (AvgIpc) is 2.40. The lowest BCUT2D eigenvalue weighted by molar-refractivity contribution is -0.900. The first kappa shape index (κ1) is 13.3. The SMILES string of the molecule is NC(=O)C1CCN(C(=O)C[NH+]2CCOCC2)CC1. The molecule has 3 N–H and O–H groups in total. The molecule has 0 aliphatic carbocycles. The summed E-state index contributed by atoms with van der Waals surface area (Å²) < 4.78 is 5.27. The number of piperidine rings is 1. The van der Waals surface area contributed by atoms with Gasteiger partial charge >= 0.3 is 0 Å². The number of hydrogen-bond donors (Lipinski definition) is 2. The maximum Gasteiger partial charge on any atom is 0.277 e. The van der Waals surface area contributed by atoms with Crippen LogP contribution >= 0.6 is 0 Å². The first-order chi connectivity index (χ1) is 8.66. The molecule has 0 bridgehead atoms. The van der Waals surface area contributed by atoms with Crippen molar-refractivity contribution < 1.29 is 19.2 Å². The predicted octanol–water partition coefficient (Wildman–Crippen LogP) is -2.37. The number of nitrogens with one attached hydrogen (secondary N) is 1. The summed E-state index contributed by atoms with van der Waals surface area (Å²) in [7, 11) is 0. The molecule has 0 atom stereocenters. The fraction of sp³-hybridized carbons (Fsp3) is 0.833. The Bertz CT molecular complexity index is 308. The summed E-state index contributed by atoms with van der Waals surface area (Å²) in [6.45, 7) is 5.17. The van der Waals surface area contributed by atoms with E-state index in [-0.39, 0.29) is 17.7 Å². The Labute approximate surface area is 107 Å². The number of quaternary nitrogens is 1. The van der Waals surface area contributed by atoms with E-state index >= 15 is 0 Å². The van der Waals surface area contributed by atoms with Crippen LogP contribution in [0.15, 0.2) is 0 Å². The minimum atomic E-state index is -0.235. The number of morpholine rings is 1. The molecule has 2 heterocycles. The van der Waals surface area contributed by atoms with Crippen LogP contribution in [-0.2, 0) is 14.3 Å². The summed E-state index contributed by atoms with van der Waals surface area (Å²) >= 11 is 0. The molecular weight excluding hydrogens is 234 g/mol. The molecule has 0 radical (unpaired) electrons. The molecule has 0 aromatic rings. The molecule has 2 rings (SSSR count). The molecule has 2 fully saturated rings. The van der Waals surface area contributed by atoms with Crippen molar-refractivity contribution in [3.63, 3.8) is 0 Å². The largest absolute Gasteiger partial charge is 0.370 e. The van der Waals surface area contributed by atoms with Gasteiger partial charge in [-0.05, 0) is 12.8 Å². The van der Waals surface area contributed by atoms with Gasteiger partial charge in [0.2, 0.25) is 5.91 Å². The maximum atomic E-state index is 12.1. The fourth-order valence-electron chi connectivity index (χ4n) is 2.58. The number of nitrogens with two attached hydrogens (primary N) is 1. The molecule has 0 unspecified atom stereocenters. The smallest absolute Gasteiger partial charge is 0.277 e. The molecule has 0 aromatic heterocycles. The number of primary amides is 1. The van der Waals surface area contributed by atoms with E-state index in [1.807, 2.05) is 4.90 Å². The molecule has 6 nitrogen and oxygen atoms in total. The third kappa shape index (κ3) is 3.43. The number of ether oxygens (including phenoxy) is 1. The number of nitrogens with zero attached hydrogens (tertiary/aromatic N) is 1. The Balaban J connectivity index is 1.75. The lowest BCUT2D eigenvalue weighted by atomic mass is 9.96. The van der Waals surface area contributed by atoms with Crippen LogP contribution in [0.5, 0.6) is 0 Å². The van der Waals surface area contributed by atoms with Gasteiger partial charge in [0.05, 0.1) is 13.2 Å². The zero-order valence-corrected chi connectivity index (χ0v) is 10.7. The first-order valence-corrected chi connectivity index (χ1v) is 6.65. The van der Waals surface area contributed by atoms with Crippen molar-refractivity contribution >= 4 is 11.8 Å². The van der Waals surface area contributed by atoms with Crippen LogP contribution in [0.2, 0.25) is 0 Å². The van der Waals surface area contributed by atoms with Gasteiger partial charge in [0, 0.05) is 19.0 Å². The summed E-state index contributed by atoms with van der Waals surface area (Å²) in [6.07, 6.45) is 1.42. The number of likely N-dealkylation sites (tertiary alicyclic amines) is 1. The molecule has 6 heteroatoms. The Morgan fingerprint density at radius 2 is 1.83 bits per heavy atom. The lowest BCUT2D eigenvalue weighted by Gasteiger charge is -2.32. The number of carbonyl (C=O) groups excluding carboxylic acids is 2. The van der Waals surface area contributed by atoms with Crippen molar-refractivity contribution in [2.45, 2.75) is 12.8 Å². The summed E-state index contributed by atoms with van der Waals surface area (Å²) in [5.41, 5.74) is 5.28. The average molecular weight is 256 g/mol. The van der Waals surface area contributed by atoms with Gasteiger partial charge in [0.15, 0.2) is 6.54 Å². The van der Waals surface area contributed by atoms with E-state index in [0.717, 1.165) is 26.3 Å². The van der Waals surface area contributed by atoms with Gasteiger partial charge in [-0.3, -0.25) is 9.59 Å².